The van der Waals surface area contributed by atoms with Crippen molar-refractivity contribution in [3.8, 4) is 0 Å². The topological polar surface area (TPSA) is 32.8 Å². The SMILES string of the molecule is C[C@@H]1CCCN1CCN(C)C(=O)OC(C)(C)C. The van der Waals surface area contributed by atoms with Gasteiger partial charge in [-0.15, -0.1) is 0 Å². The molecule has 0 aromatic carbocycles. The summed E-state index contributed by atoms with van der Waals surface area (Å²) in [5.41, 5.74) is -0.410. The van der Waals surface area contributed by atoms with Gasteiger partial charge in [-0.25, -0.2) is 4.79 Å². The van der Waals surface area contributed by atoms with Crippen LogP contribution in [0.25, 0.3) is 0 Å². The molecule has 17 heavy (non-hydrogen) atoms. The van der Waals surface area contributed by atoms with Gasteiger partial charge in [0.2, 0.25) is 0 Å². The standard InChI is InChI=1S/C13H26N2O2/c1-11-7-6-8-15(11)10-9-14(5)12(16)17-13(2,3)4/h11H,6-10H2,1-5H3/t11-/m1/s1. The summed E-state index contributed by atoms with van der Waals surface area (Å²) in [7, 11) is 1.80. The molecule has 100 valence electrons. The van der Waals surface area contributed by atoms with Crippen LogP contribution in [0.15, 0.2) is 0 Å². The maximum Gasteiger partial charge on any atom is 0.410 e. The molecule has 0 aromatic heterocycles. The summed E-state index contributed by atoms with van der Waals surface area (Å²) in [6.07, 6.45) is 2.32. The van der Waals surface area contributed by atoms with Gasteiger partial charge >= 0.3 is 6.09 Å². The molecule has 0 bridgehead atoms. The summed E-state index contributed by atoms with van der Waals surface area (Å²) in [5.74, 6) is 0. The van der Waals surface area contributed by atoms with Crippen LogP contribution in [-0.2, 0) is 4.74 Å². The highest BCUT2D eigenvalue weighted by molar-refractivity contribution is 5.67. The highest BCUT2D eigenvalue weighted by Crippen LogP contribution is 2.16. The third kappa shape index (κ3) is 4.94. The van der Waals surface area contributed by atoms with Crippen LogP contribution in [0, 0.1) is 0 Å². The number of hydrogen-bond acceptors (Lipinski definition) is 3. The van der Waals surface area contributed by atoms with Gasteiger partial charge < -0.3 is 9.64 Å². The third-order valence-electron chi connectivity index (χ3n) is 3.12. The molecule has 4 nitrogen and oxygen atoms in total. The van der Waals surface area contributed by atoms with E-state index in [0.717, 1.165) is 19.6 Å². The minimum Gasteiger partial charge on any atom is -0.444 e. The first kappa shape index (κ1) is 14.3. The van der Waals surface area contributed by atoms with Crippen LogP contribution in [0.4, 0.5) is 4.79 Å². The molecule has 0 saturated carbocycles. The summed E-state index contributed by atoms with van der Waals surface area (Å²) in [6, 6.07) is 0.655. The van der Waals surface area contributed by atoms with Crippen molar-refractivity contribution in [2.75, 3.05) is 26.7 Å². The second kappa shape index (κ2) is 5.71. The zero-order chi connectivity index (χ0) is 13.1. The normalized spacial score (nSPS) is 21.6. The van der Waals surface area contributed by atoms with E-state index in [-0.39, 0.29) is 6.09 Å². The van der Waals surface area contributed by atoms with E-state index in [1.807, 2.05) is 20.8 Å². The van der Waals surface area contributed by atoms with Crippen LogP contribution in [-0.4, -0.2) is 54.2 Å². The lowest BCUT2D eigenvalue weighted by Gasteiger charge is -2.27. The maximum absolute atomic E-state index is 11.7. The predicted octanol–water partition coefficient (Wildman–Crippen LogP) is 2.34. The van der Waals surface area contributed by atoms with Gasteiger partial charge in [-0.3, -0.25) is 4.90 Å². The molecule has 0 spiro atoms. The first-order valence-corrected chi connectivity index (χ1v) is 6.48. The smallest absolute Gasteiger partial charge is 0.410 e. The minimum atomic E-state index is -0.410. The lowest BCUT2D eigenvalue weighted by molar-refractivity contribution is 0.0282. The van der Waals surface area contributed by atoms with E-state index in [1.54, 1.807) is 11.9 Å². The third-order valence-corrected chi connectivity index (χ3v) is 3.12. The minimum absolute atomic E-state index is 0.232. The van der Waals surface area contributed by atoms with Crippen LogP contribution in [0.3, 0.4) is 0 Å². The molecule has 0 aromatic rings. The Balaban J connectivity index is 2.29. The first-order chi connectivity index (χ1) is 7.79. The fourth-order valence-electron chi connectivity index (χ4n) is 2.03. The van der Waals surface area contributed by atoms with E-state index in [2.05, 4.69) is 11.8 Å². The highest BCUT2D eigenvalue weighted by Gasteiger charge is 2.23. The first-order valence-electron chi connectivity index (χ1n) is 6.48. The Kier molecular flexibility index (Phi) is 4.80. The van der Waals surface area contributed by atoms with Gasteiger partial charge in [-0.2, -0.15) is 0 Å². The van der Waals surface area contributed by atoms with E-state index in [4.69, 9.17) is 4.74 Å². The zero-order valence-corrected chi connectivity index (χ0v) is 11.8. The Morgan fingerprint density at radius 3 is 2.59 bits per heavy atom. The van der Waals surface area contributed by atoms with E-state index >= 15 is 0 Å². The van der Waals surface area contributed by atoms with Crippen molar-refractivity contribution in [3.05, 3.63) is 0 Å². The Labute approximate surface area is 105 Å². The van der Waals surface area contributed by atoms with Crippen LogP contribution in [0.2, 0.25) is 0 Å². The summed E-state index contributed by atoms with van der Waals surface area (Å²) in [5, 5.41) is 0. The number of likely N-dealkylation sites (N-methyl/N-ethyl adjacent to an activating group) is 1. The van der Waals surface area contributed by atoms with E-state index in [0.29, 0.717) is 6.04 Å². The lowest BCUT2D eigenvalue weighted by atomic mass is 10.2. The number of nitrogens with zero attached hydrogens (tertiary/aromatic N) is 2. The molecule has 0 N–H and O–H groups in total. The molecule has 4 heteroatoms. The predicted molar refractivity (Wildman–Crippen MR) is 69.1 cm³/mol. The molecule has 1 aliphatic heterocycles. The van der Waals surface area contributed by atoms with Crippen molar-refractivity contribution in [1.82, 2.24) is 9.80 Å². The summed E-state index contributed by atoms with van der Waals surface area (Å²) < 4.78 is 5.31. The van der Waals surface area contributed by atoms with Gasteiger partial charge in [-0.1, -0.05) is 0 Å². The van der Waals surface area contributed by atoms with E-state index < -0.39 is 5.60 Å². The van der Waals surface area contributed by atoms with Crippen molar-refractivity contribution in [3.63, 3.8) is 0 Å². The molecular formula is C13H26N2O2. The van der Waals surface area contributed by atoms with Crippen LogP contribution >= 0.6 is 0 Å². The molecular weight excluding hydrogens is 216 g/mol. The summed E-state index contributed by atoms with van der Waals surface area (Å²) in [4.78, 5) is 15.8. The van der Waals surface area contributed by atoms with E-state index in [9.17, 15) is 4.79 Å². The molecule has 0 aliphatic carbocycles. The van der Waals surface area contributed by atoms with Gasteiger partial charge in [-0.05, 0) is 47.1 Å². The monoisotopic (exact) mass is 242 g/mol. The lowest BCUT2D eigenvalue weighted by Crippen LogP contribution is -2.40. The van der Waals surface area contributed by atoms with Crippen LogP contribution < -0.4 is 0 Å². The summed E-state index contributed by atoms with van der Waals surface area (Å²) >= 11 is 0. The molecule has 1 aliphatic rings. The van der Waals surface area contributed by atoms with Gasteiger partial charge in [0, 0.05) is 26.2 Å². The molecule has 1 fully saturated rings. The Bertz CT molecular complexity index is 261. The highest BCUT2D eigenvalue weighted by atomic mass is 16.6. The second-order valence-electron chi connectivity index (χ2n) is 5.93. The number of amides is 1. The maximum atomic E-state index is 11.7. The quantitative estimate of drug-likeness (QED) is 0.761. The average Bonchev–Trinajstić information content (AvgIpc) is 2.57. The molecule has 0 radical (unpaired) electrons. The molecule has 1 heterocycles. The van der Waals surface area contributed by atoms with Crippen LogP contribution in [0.5, 0.6) is 0 Å². The number of hydrogen-bond donors (Lipinski definition) is 0. The van der Waals surface area contributed by atoms with Crippen molar-refractivity contribution in [1.29, 1.82) is 0 Å². The van der Waals surface area contributed by atoms with Crippen molar-refractivity contribution >= 4 is 6.09 Å². The van der Waals surface area contributed by atoms with Crippen molar-refractivity contribution < 1.29 is 9.53 Å². The van der Waals surface area contributed by atoms with Crippen molar-refractivity contribution in [2.45, 2.75) is 52.2 Å². The molecule has 1 amide bonds. The molecule has 1 atom stereocenters. The van der Waals surface area contributed by atoms with E-state index in [1.165, 1.54) is 12.8 Å². The van der Waals surface area contributed by atoms with Gasteiger partial charge in [0.15, 0.2) is 0 Å². The zero-order valence-electron chi connectivity index (χ0n) is 11.8. The average molecular weight is 242 g/mol. The Hall–Kier alpha value is -0.770. The molecule has 1 saturated heterocycles. The largest absolute Gasteiger partial charge is 0.444 e. The molecule has 0 unspecified atom stereocenters. The second-order valence-corrected chi connectivity index (χ2v) is 5.93. The van der Waals surface area contributed by atoms with Gasteiger partial charge in [0.1, 0.15) is 5.60 Å². The van der Waals surface area contributed by atoms with Crippen molar-refractivity contribution in [2.24, 2.45) is 0 Å². The summed E-state index contributed by atoms with van der Waals surface area (Å²) in [6.45, 7) is 10.8. The number of carbonyl (C=O) groups excluding carboxylic acids is 1. The number of likely N-dealkylation sites (tertiary alicyclic amines) is 1. The Morgan fingerprint density at radius 1 is 1.47 bits per heavy atom. The fourth-order valence-corrected chi connectivity index (χ4v) is 2.03. The fraction of sp³-hybridized carbons (Fsp3) is 0.923. The van der Waals surface area contributed by atoms with Crippen LogP contribution in [0.1, 0.15) is 40.5 Å². The number of rotatable bonds is 3. The number of ether oxygens (including phenoxy) is 1. The molecule has 1 rings (SSSR count). The van der Waals surface area contributed by atoms with Gasteiger partial charge in [0.25, 0.3) is 0 Å². The van der Waals surface area contributed by atoms with Gasteiger partial charge in [0.05, 0.1) is 0 Å². The Morgan fingerprint density at radius 2 is 2.12 bits per heavy atom. The number of carbonyl (C=O) groups is 1.